The SMILES string of the molecule is CC=Nc1c(N(C)CCCN)c(=S)n(C)c(=O)n1C. The summed E-state index contributed by atoms with van der Waals surface area (Å²) in [4.78, 5) is 18.3. The molecule has 0 amide bonds. The topological polar surface area (TPSA) is 68.5 Å². The number of nitrogens with two attached hydrogens (primary N) is 1. The minimum Gasteiger partial charge on any atom is -0.369 e. The van der Waals surface area contributed by atoms with Crippen LogP contribution in [0.25, 0.3) is 0 Å². The Kier molecular flexibility index (Phi) is 5.44. The van der Waals surface area contributed by atoms with Crippen LogP contribution >= 0.6 is 12.2 Å². The summed E-state index contributed by atoms with van der Waals surface area (Å²) < 4.78 is 3.45. The normalized spacial score (nSPS) is 11.2. The molecule has 0 aliphatic rings. The van der Waals surface area contributed by atoms with E-state index in [4.69, 9.17) is 18.0 Å². The van der Waals surface area contributed by atoms with E-state index < -0.39 is 0 Å². The number of rotatable bonds is 5. The van der Waals surface area contributed by atoms with Crippen molar-refractivity contribution in [1.82, 2.24) is 9.13 Å². The first-order valence-electron chi connectivity index (χ1n) is 6.15. The minimum absolute atomic E-state index is 0.179. The molecule has 106 valence electrons. The van der Waals surface area contributed by atoms with Crippen LogP contribution < -0.4 is 16.3 Å². The first-order chi connectivity index (χ1) is 8.95. The lowest BCUT2D eigenvalue weighted by atomic mass is 10.3. The number of aromatic nitrogens is 2. The molecule has 1 rings (SSSR count). The van der Waals surface area contributed by atoms with E-state index in [0.29, 0.717) is 17.0 Å². The average molecular weight is 283 g/mol. The van der Waals surface area contributed by atoms with Gasteiger partial charge in [0.2, 0.25) is 0 Å². The van der Waals surface area contributed by atoms with E-state index in [9.17, 15) is 4.79 Å². The van der Waals surface area contributed by atoms with Crippen LogP contribution in [0.3, 0.4) is 0 Å². The van der Waals surface area contributed by atoms with E-state index in [1.807, 2.05) is 18.9 Å². The fourth-order valence-corrected chi connectivity index (χ4v) is 2.19. The Morgan fingerprint density at radius 1 is 1.42 bits per heavy atom. The molecule has 6 nitrogen and oxygen atoms in total. The third-order valence-corrected chi connectivity index (χ3v) is 3.41. The molecule has 1 heterocycles. The summed E-state index contributed by atoms with van der Waals surface area (Å²) in [5.41, 5.74) is 6.14. The van der Waals surface area contributed by atoms with Gasteiger partial charge in [-0.05, 0) is 19.9 Å². The standard InChI is InChI=1S/C12H21N5OS/c1-5-14-10-9(15(2)8-6-7-13)11(19)17(4)12(18)16(10)3/h5H,6-8,13H2,1-4H3. The maximum atomic E-state index is 12.0. The highest BCUT2D eigenvalue weighted by molar-refractivity contribution is 7.71. The van der Waals surface area contributed by atoms with Gasteiger partial charge < -0.3 is 10.6 Å². The zero-order valence-electron chi connectivity index (χ0n) is 11.9. The van der Waals surface area contributed by atoms with Crippen LogP contribution in [-0.4, -0.2) is 35.5 Å². The Hall–Kier alpha value is -1.47. The van der Waals surface area contributed by atoms with Crippen LogP contribution in [-0.2, 0) is 14.1 Å². The van der Waals surface area contributed by atoms with Crippen molar-refractivity contribution in [1.29, 1.82) is 0 Å². The summed E-state index contributed by atoms with van der Waals surface area (Å²) in [7, 11) is 5.30. The van der Waals surface area contributed by atoms with Crippen LogP contribution in [0.4, 0.5) is 11.5 Å². The van der Waals surface area contributed by atoms with Gasteiger partial charge in [0.1, 0.15) is 10.3 Å². The summed E-state index contributed by atoms with van der Waals surface area (Å²) in [5.74, 6) is 0.579. The third-order valence-electron chi connectivity index (χ3n) is 2.94. The van der Waals surface area contributed by atoms with Crippen LogP contribution in [0.5, 0.6) is 0 Å². The maximum Gasteiger partial charge on any atom is 0.330 e. The predicted molar refractivity (Wildman–Crippen MR) is 82.3 cm³/mol. The molecule has 0 saturated carbocycles. The molecule has 0 bridgehead atoms. The second kappa shape index (κ2) is 6.63. The van der Waals surface area contributed by atoms with Crippen LogP contribution in [0.2, 0.25) is 0 Å². The molecule has 0 fully saturated rings. The predicted octanol–water partition coefficient (Wildman–Crippen LogP) is 0.960. The molecular formula is C12H21N5OS. The molecule has 0 saturated heterocycles. The molecule has 1 aromatic heterocycles. The molecule has 0 aromatic carbocycles. The molecule has 0 spiro atoms. The second-order valence-corrected chi connectivity index (χ2v) is 4.72. The fourth-order valence-electron chi connectivity index (χ4n) is 1.86. The van der Waals surface area contributed by atoms with Crippen molar-refractivity contribution < 1.29 is 0 Å². The van der Waals surface area contributed by atoms with Crippen molar-refractivity contribution in [3.63, 3.8) is 0 Å². The van der Waals surface area contributed by atoms with Crippen molar-refractivity contribution in [3.8, 4) is 0 Å². The Bertz CT molecular complexity index is 587. The highest BCUT2D eigenvalue weighted by Gasteiger charge is 2.15. The zero-order chi connectivity index (χ0) is 14.6. The van der Waals surface area contributed by atoms with Crippen molar-refractivity contribution in [2.45, 2.75) is 13.3 Å². The quantitative estimate of drug-likeness (QED) is 0.645. The molecule has 0 aliphatic carbocycles. The van der Waals surface area contributed by atoms with Gasteiger partial charge in [0, 0.05) is 33.9 Å². The van der Waals surface area contributed by atoms with E-state index >= 15 is 0 Å². The Balaban J connectivity index is 3.52. The van der Waals surface area contributed by atoms with Gasteiger partial charge in [0.05, 0.1) is 0 Å². The molecule has 7 heteroatoms. The molecule has 0 atom stereocenters. The molecule has 0 aliphatic heterocycles. The summed E-state index contributed by atoms with van der Waals surface area (Å²) in [6.07, 6.45) is 2.51. The Morgan fingerprint density at radius 2 is 2.05 bits per heavy atom. The first-order valence-corrected chi connectivity index (χ1v) is 6.56. The van der Waals surface area contributed by atoms with Gasteiger partial charge in [0.25, 0.3) is 0 Å². The summed E-state index contributed by atoms with van der Waals surface area (Å²) >= 11 is 5.37. The molecular weight excluding hydrogens is 262 g/mol. The monoisotopic (exact) mass is 283 g/mol. The summed E-state index contributed by atoms with van der Waals surface area (Å²) in [6, 6.07) is 0. The molecule has 19 heavy (non-hydrogen) atoms. The lowest BCUT2D eigenvalue weighted by molar-refractivity contribution is 0.690. The highest BCUT2D eigenvalue weighted by Crippen LogP contribution is 2.27. The van der Waals surface area contributed by atoms with E-state index in [1.165, 1.54) is 9.13 Å². The van der Waals surface area contributed by atoms with Gasteiger partial charge in [-0.2, -0.15) is 0 Å². The van der Waals surface area contributed by atoms with E-state index in [-0.39, 0.29) is 5.69 Å². The summed E-state index contributed by atoms with van der Waals surface area (Å²) in [6.45, 7) is 3.19. The van der Waals surface area contributed by atoms with Crippen molar-refractivity contribution >= 4 is 29.9 Å². The molecule has 0 unspecified atom stereocenters. The van der Waals surface area contributed by atoms with Crippen molar-refractivity contribution in [3.05, 3.63) is 15.1 Å². The van der Waals surface area contributed by atoms with Gasteiger partial charge in [-0.3, -0.25) is 9.13 Å². The average Bonchev–Trinajstić information content (AvgIpc) is 2.40. The molecule has 2 N–H and O–H groups in total. The summed E-state index contributed by atoms with van der Waals surface area (Å²) in [5, 5.41) is 0. The van der Waals surface area contributed by atoms with E-state index in [2.05, 4.69) is 4.99 Å². The van der Waals surface area contributed by atoms with Crippen molar-refractivity contribution in [2.75, 3.05) is 25.0 Å². The number of hydrogen-bond acceptors (Lipinski definition) is 5. The first kappa shape index (κ1) is 15.6. The lowest BCUT2D eigenvalue weighted by Gasteiger charge is -2.23. The maximum absolute atomic E-state index is 12.0. The third kappa shape index (κ3) is 3.10. The van der Waals surface area contributed by atoms with Crippen molar-refractivity contribution in [2.24, 2.45) is 24.8 Å². The van der Waals surface area contributed by atoms with Gasteiger partial charge in [-0.15, -0.1) is 0 Å². The van der Waals surface area contributed by atoms with Gasteiger partial charge in [0.15, 0.2) is 5.82 Å². The Morgan fingerprint density at radius 3 is 2.58 bits per heavy atom. The van der Waals surface area contributed by atoms with Gasteiger partial charge in [-0.25, -0.2) is 9.79 Å². The van der Waals surface area contributed by atoms with Crippen LogP contribution in [0.1, 0.15) is 13.3 Å². The number of aliphatic imine (C=N–C) groups is 1. The van der Waals surface area contributed by atoms with E-state index in [1.54, 1.807) is 20.3 Å². The van der Waals surface area contributed by atoms with Crippen LogP contribution in [0, 0.1) is 4.64 Å². The fraction of sp³-hybridized carbons (Fsp3) is 0.583. The van der Waals surface area contributed by atoms with Gasteiger partial charge in [-0.1, -0.05) is 12.2 Å². The molecule has 0 radical (unpaired) electrons. The second-order valence-electron chi connectivity index (χ2n) is 4.33. The highest BCUT2D eigenvalue weighted by atomic mass is 32.1. The lowest BCUT2D eigenvalue weighted by Crippen LogP contribution is -2.31. The largest absolute Gasteiger partial charge is 0.369 e. The number of anilines is 1. The van der Waals surface area contributed by atoms with Crippen LogP contribution in [0.15, 0.2) is 9.79 Å². The number of nitrogens with zero attached hydrogens (tertiary/aromatic N) is 4. The Labute approximate surface area is 118 Å². The zero-order valence-corrected chi connectivity index (χ0v) is 12.7. The van der Waals surface area contributed by atoms with Gasteiger partial charge >= 0.3 is 5.69 Å². The minimum atomic E-state index is -0.179. The smallest absolute Gasteiger partial charge is 0.330 e. The molecule has 1 aromatic rings. The van der Waals surface area contributed by atoms with E-state index in [0.717, 1.165) is 18.7 Å². The number of hydrogen-bond donors (Lipinski definition) is 1.